The van der Waals surface area contributed by atoms with E-state index in [9.17, 15) is 18.0 Å². The molecular weight excluding hydrogens is 301 g/mol. The number of halogens is 3. The fraction of sp³-hybridized carbons (Fsp3) is 0.167. The Morgan fingerprint density at radius 3 is 2.73 bits per heavy atom. The van der Waals surface area contributed by atoms with Crippen LogP contribution in [0, 0.1) is 0 Å². The summed E-state index contributed by atoms with van der Waals surface area (Å²) in [6.45, 7) is -1.27. The van der Waals surface area contributed by atoms with Crippen LogP contribution in [-0.4, -0.2) is 37.9 Å². The fourth-order valence-corrected chi connectivity index (χ4v) is 1.91. The number of alkyl halides is 3. The van der Waals surface area contributed by atoms with Gasteiger partial charge in [-0.2, -0.15) is 18.3 Å². The van der Waals surface area contributed by atoms with Gasteiger partial charge in [0.25, 0.3) is 0 Å². The molecule has 3 rings (SSSR count). The monoisotopic (exact) mass is 310 g/mol. The highest BCUT2D eigenvalue weighted by Crippen LogP contribution is 2.25. The van der Waals surface area contributed by atoms with E-state index in [4.69, 9.17) is 0 Å². The van der Waals surface area contributed by atoms with Crippen LogP contribution in [-0.2, 0) is 0 Å². The molecule has 0 aliphatic rings. The van der Waals surface area contributed by atoms with Gasteiger partial charge < -0.3 is 10.3 Å². The third-order valence-corrected chi connectivity index (χ3v) is 2.82. The highest BCUT2D eigenvalue weighted by atomic mass is 19.4. The van der Waals surface area contributed by atoms with Gasteiger partial charge in [-0.1, -0.05) is 0 Å². The Balaban J connectivity index is 2.13. The van der Waals surface area contributed by atoms with Gasteiger partial charge in [0.05, 0.1) is 17.4 Å². The molecule has 0 aliphatic carbocycles. The molecule has 0 aromatic carbocycles. The minimum absolute atomic E-state index is 0.216. The van der Waals surface area contributed by atoms with Crippen LogP contribution in [0.4, 0.5) is 19.1 Å². The minimum Gasteiger partial charge on any atom is -0.345 e. The standard InChI is InChI=1S/C12H9F3N6O/c13-12(14,15)5-17-11-20-8-1-9(22)16-4-7(8)10(21-11)6-2-18-19-3-6/h1-4H,5H2,(H,16,22)(H,18,19)(H,17,20,21). The van der Waals surface area contributed by atoms with E-state index in [1.54, 1.807) is 6.20 Å². The third kappa shape index (κ3) is 2.90. The number of hydrogen-bond acceptors (Lipinski definition) is 5. The van der Waals surface area contributed by atoms with Crippen LogP contribution >= 0.6 is 0 Å². The topological polar surface area (TPSA) is 99.3 Å². The molecule has 0 unspecified atom stereocenters. The van der Waals surface area contributed by atoms with Crippen molar-refractivity contribution >= 4 is 16.9 Å². The molecular formula is C12H9F3N6O. The number of aromatic nitrogens is 5. The van der Waals surface area contributed by atoms with E-state index in [2.05, 4.69) is 30.5 Å². The number of nitrogens with one attached hydrogen (secondary N) is 3. The molecule has 22 heavy (non-hydrogen) atoms. The van der Waals surface area contributed by atoms with Crippen molar-refractivity contribution in [2.24, 2.45) is 0 Å². The molecule has 0 amide bonds. The van der Waals surface area contributed by atoms with Crippen LogP contribution in [0.5, 0.6) is 0 Å². The van der Waals surface area contributed by atoms with Crippen LogP contribution in [0.1, 0.15) is 0 Å². The first-order valence-electron chi connectivity index (χ1n) is 6.13. The number of nitrogens with zero attached hydrogens (tertiary/aromatic N) is 3. The number of aromatic amines is 2. The van der Waals surface area contributed by atoms with Gasteiger partial charge >= 0.3 is 6.18 Å². The molecule has 0 aliphatic heterocycles. The second kappa shape index (κ2) is 5.13. The first-order valence-corrected chi connectivity index (χ1v) is 6.13. The smallest absolute Gasteiger partial charge is 0.345 e. The summed E-state index contributed by atoms with van der Waals surface area (Å²) in [6.07, 6.45) is 0.0245. The van der Waals surface area contributed by atoms with Gasteiger partial charge in [-0.25, -0.2) is 9.97 Å². The summed E-state index contributed by atoms with van der Waals surface area (Å²) in [5, 5.41) is 8.98. The molecule has 114 valence electrons. The molecule has 0 bridgehead atoms. The van der Waals surface area contributed by atoms with E-state index in [0.717, 1.165) is 0 Å². The molecule has 10 heteroatoms. The van der Waals surface area contributed by atoms with Gasteiger partial charge in [-0.3, -0.25) is 9.89 Å². The van der Waals surface area contributed by atoms with E-state index in [0.29, 0.717) is 16.6 Å². The molecule has 3 N–H and O–H groups in total. The van der Waals surface area contributed by atoms with E-state index in [1.165, 1.54) is 18.5 Å². The van der Waals surface area contributed by atoms with Gasteiger partial charge in [0.2, 0.25) is 11.5 Å². The van der Waals surface area contributed by atoms with Crippen molar-refractivity contribution in [3.05, 3.63) is 35.0 Å². The van der Waals surface area contributed by atoms with Gasteiger partial charge in [-0.15, -0.1) is 0 Å². The van der Waals surface area contributed by atoms with Crippen molar-refractivity contribution in [1.29, 1.82) is 0 Å². The quantitative estimate of drug-likeness (QED) is 0.683. The van der Waals surface area contributed by atoms with Crippen LogP contribution in [0.15, 0.2) is 29.5 Å². The average molecular weight is 310 g/mol. The van der Waals surface area contributed by atoms with Crippen LogP contribution in [0.25, 0.3) is 22.2 Å². The molecule has 0 saturated heterocycles. The number of H-pyrrole nitrogens is 2. The minimum atomic E-state index is -4.40. The lowest BCUT2D eigenvalue weighted by Gasteiger charge is -2.10. The number of hydrogen-bond donors (Lipinski definition) is 3. The Morgan fingerprint density at radius 2 is 2.05 bits per heavy atom. The Hall–Kier alpha value is -2.91. The first kappa shape index (κ1) is 14.0. The summed E-state index contributed by atoms with van der Waals surface area (Å²) in [6, 6.07) is 1.19. The van der Waals surface area contributed by atoms with Crippen molar-refractivity contribution in [2.75, 3.05) is 11.9 Å². The van der Waals surface area contributed by atoms with Gasteiger partial charge in [-0.05, 0) is 0 Å². The van der Waals surface area contributed by atoms with Crippen molar-refractivity contribution in [1.82, 2.24) is 25.1 Å². The zero-order chi connectivity index (χ0) is 15.7. The van der Waals surface area contributed by atoms with Gasteiger partial charge in [0.15, 0.2) is 0 Å². The summed E-state index contributed by atoms with van der Waals surface area (Å²) < 4.78 is 36.9. The molecule has 3 heterocycles. The summed E-state index contributed by atoms with van der Waals surface area (Å²) >= 11 is 0. The normalized spacial score (nSPS) is 11.8. The SMILES string of the molecule is O=c1cc2nc(NCC(F)(F)F)nc(-c3cn[nH]c3)c2c[nH]1. The number of pyridine rings is 1. The van der Waals surface area contributed by atoms with E-state index >= 15 is 0 Å². The molecule has 0 fully saturated rings. The Labute approximate surface area is 120 Å². The lowest BCUT2D eigenvalue weighted by atomic mass is 10.1. The van der Waals surface area contributed by atoms with E-state index in [1.807, 2.05) is 0 Å². The van der Waals surface area contributed by atoms with Crippen LogP contribution in [0.3, 0.4) is 0 Å². The molecule has 0 saturated carbocycles. The maximum Gasteiger partial charge on any atom is 0.405 e. The van der Waals surface area contributed by atoms with E-state index in [-0.39, 0.29) is 11.5 Å². The lowest BCUT2D eigenvalue weighted by Crippen LogP contribution is -2.22. The predicted octanol–water partition coefficient (Wildman–Crippen LogP) is 1.68. The summed E-state index contributed by atoms with van der Waals surface area (Å²) in [5.74, 6) is -0.216. The van der Waals surface area contributed by atoms with Crippen molar-refractivity contribution in [3.8, 4) is 11.3 Å². The zero-order valence-electron chi connectivity index (χ0n) is 10.9. The molecule has 7 nitrogen and oxygen atoms in total. The maximum absolute atomic E-state index is 12.3. The third-order valence-electron chi connectivity index (χ3n) is 2.82. The Kier molecular flexibility index (Phi) is 3.28. The first-order chi connectivity index (χ1) is 10.4. The second-order valence-electron chi connectivity index (χ2n) is 4.45. The van der Waals surface area contributed by atoms with Crippen LogP contribution < -0.4 is 10.9 Å². The van der Waals surface area contributed by atoms with Crippen molar-refractivity contribution < 1.29 is 13.2 Å². The highest BCUT2D eigenvalue weighted by Gasteiger charge is 2.27. The number of anilines is 1. The Morgan fingerprint density at radius 1 is 1.23 bits per heavy atom. The average Bonchev–Trinajstić information content (AvgIpc) is 2.97. The van der Waals surface area contributed by atoms with Crippen molar-refractivity contribution in [2.45, 2.75) is 6.18 Å². The molecule has 0 spiro atoms. The van der Waals surface area contributed by atoms with Crippen molar-refractivity contribution in [3.63, 3.8) is 0 Å². The van der Waals surface area contributed by atoms with Gasteiger partial charge in [0.1, 0.15) is 6.54 Å². The Bertz CT molecular complexity index is 855. The second-order valence-corrected chi connectivity index (χ2v) is 4.45. The molecule has 0 atom stereocenters. The number of rotatable bonds is 3. The zero-order valence-corrected chi connectivity index (χ0v) is 10.9. The molecule has 0 radical (unpaired) electrons. The molecule has 3 aromatic rings. The van der Waals surface area contributed by atoms with Gasteiger partial charge in [0, 0.05) is 29.4 Å². The molecule has 3 aromatic heterocycles. The van der Waals surface area contributed by atoms with E-state index < -0.39 is 18.3 Å². The summed E-state index contributed by atoms with van der Waals surface area (Å²) in [7, 11) is 0. The highest BCUT2D eigenvalue weighted by molar-refractivity contribution is 5.92. The number of fused-ring (bicyclic) bond motifs is 1. The lowest BCUT2D eigenvalue weighted by molar-refractivity contribution is -0.115. The summed E-state index contributed by atoms with van der Waals surface area (Å²) in [5.41, 5.74) is 0.750. The largest absolute Gasteiger partial charge is 0.405 e. The fourth-order valence-electron chi connectivity index (χ4n) is 1.91. The maximum atomic E-state index is 12.3. The summed E-state index contributed by atoms with van der Waals surface area (Å²) in [4.78, 5) is 21.9. The van der Waals surface area contributed by atoms with Crippen LogP contribution in [0.2, 0.25) is 0 Å². The predicted molar refractivity (Wildman–Crippen MR) is 72.3 cm³/mol.